The van der Waals surface area contributed by atoms with Gasteiger partial charge in [-0.1, -0.05) is 18.2 Å². The van der Waals surface area contributed by atoms with Crippen molar-refractivity contribution in [1.82, 2.24) is 4.57 Å². The third-order valence-electron chi connectivity index (χ3n) is 2.73. The van der Waals surface area contributed by atoms with Crippen molar-refractivity contribution in [3.8, 4) is 0 Å². The average Bonchev–Trinajstić information content (AvgIpc) is 2.70. The highest BCUT2D eigenvalue weighted by Gasteiger charge is 2.20. The normalized spacial score (nSPS) is 11.6. The van der Waals surface area contributed by atoms with Crippen LogP contribution in [-0.4, -0.2) is 27.3 Å². The van der Waals surface area contributed by atoms with Gasteiger partial charge in [0.2, 0.25) is 0 Å². The van der Waals surface area contributed by atoms with Gasteiger partial charge in [-0.25, -0.2) is 4.79 Å². The number of rotatable bonds is 2. The number of carboxylic acids is 1. The second kappa shape index (κ2) is 5.00. The molecule has 0 aliphatic carbocycles. The smallest absolute Gasteiger partial charge is 0.419 e. The first kappa shape index (κ1) is 14.1. The van der Waals surface area contributed by atoms with E-state index in [0.29, 0.717) is 11.1 Å². The van der Waals surface area contributed by atoms with Gasteiger partial charge in [0, 0.05) is 11.6 Å². The molecular formula is C15H17NO4. The average molecular weight is 275 g/mol. The molecule has 0 saturated heterocycles. The number of carbonyl (C=O) groups excluding carboxylic acids is 1. The van der Waals surface area contributed by atoms with E-state index < -0.39 is 17.7 Å². The Kier molecular flexibility index (Phi) is 3.53. The fourth-order valence-corrected chi connectivity index (χ4v) is 2.04. The molecule has 0 aliphatic rings. The predicted octanol–water partition coefficient (Wildman–Crippen LogP) is 3.05. The molecule has 0 radical (unpaired) electrons. The fraction of sp³-hybridized carbons (Fsp3) is 0.333. The number of para-hydroxylation sites is 1. The van der Waals surface area contributed by atoms with Crippen LogP contribution in [0.4, 0.5) is 4.79 Å². The number of fused-ring (bicyclic) bond motifs is 1. The topological polar surface area (TPSA) is 68.5 Å². The third kappa shape index (κ3) is 2.99. The molecule has 2 aromatic rings. The summed E-state index contributed by atoms with van der Waals surface area (Å²) in [5, 5.41) is 9.77. The van der Waals surface area contributed by atoms with E-state index in [0.717, 1.165) is 5.39 Å². The van der Waals surface area contributed by atoms with Crippen molar-refractivity contribution in [2.24, 2.45) is 0 Å². The van der Waals surface area contributed by atoms with Crippen LogP contribution in [0.2, 0.25) is 0 Å². The molecule has 20 heavy (non-hydrogen) atoms. The lowest BCUT2D eigenvalue weighted by molar-refractivity contribution is -0.136. The quantitative estimate of drug-likeness (QED) is 0.914. The molecule has 1 aromatic carbocycles. The number of benzene rings is 1. The van der Waals surface area contributed by atoms with Gasteiger partial charge in [0.25, 0.3) is 0 Å². The van der Waals surface area contributed by atoms with E-state index in [-0.39, 0.29) is 6.42 Å². The van der Waals surface area contributed by atoms with Crippen molar-refractivity contribution in [3.63, 3.8) is 0 Å². The summed E-state index contributed by atoms with van der Waals surface area (Å²) in [7, 11) is 0. The van der Waals surface area contributed by atoms with E-state index in [4.69, 9.17) is 9.84 Å². The van der Waals surface area contributed by atoms with Crippen molar-refractivity contribution < 1.29 is 19.4 Å². The van der Waals surface area contributed by atoms with Gasteiger partial charge in [-0.3, -0.25) is 9.36 Å². The van der Waals surface area contributed by atoms with E-state index >= 15 is 0 Å². The van der Waals surface area contributed by atoms with E-state index in [1.165, 1.54) is 4.57 Å². The molecule has 1 N–H and O–H groups in total. The van der Waals surface area contributed by atoms with Crippen LogP contribution in [0.5, 0.6) is 0 Å². The summed E-state index contributed by atoms with van der Waals surface area (Å²) in [5.41, 5.74) is 0.574. The van der Waals surface area contributed by atoms with Gasteiger partial charge in [0.05, 0.1) is 11.9 Å². The first-order valence-corrected chi connectivity index (χ1v) is 6.32. The van der Waals surface area contributed by atoms with E-state index in [1.54, 1.807) is 45.2 Å². The summed E-state index contributed by atoms with van der Waals surface area (Å²) in [4.78, 5) is 23.1. The number of ether oxygens (including phenoxy) is 1. The lowest BCUT2D eigenvalue weighted by Crippen LogP contribution is -2.27. The van der Waals surface area contributed by atoms with Gasteiger partial charge in [-0.2, -0.15) is 0 Å². The molecule has 5 nitrogen and oxygen atoms in total. The number of hydrogen-bond acceptors (Lipinski definition) is 3. The van der Waals surface area contributed by atoms with Gasteiger partial charge >= 0.3 is 12.1 Å². The zero-order valence-corrected chi connectivity index (χ0v) is 11.7. The van der Waals surface area contributed by atoms with Crippen LogP contribution < -0.4 is 0 Å². The first-order chi connectivity index (χ1) is 9.28. The molecule has 0 aliphatic heterocycles. The van der Waals surface area contributed by atoms with Gasteiger partial charge in [-0.05, 0) is 32.4 Å². The molecule has 5 heteroatoms. The van der Waals surface area contributed by atoms with Crippen LogP contribution in [0, 0.1) is 0 Å². The van der Waals surface area contributed by atoms with Gasteiger partial charge in [-0.15, -0.1) is 0 Å². The van der Waals surface area contributed by atoms with Crippen LogP contribution in [0.15, 0.2) is 30.5 Å². The van der Waals surface area contributed by atoms with Crippen molar-refractivity contribution in [2.45, 2.75) is 32.8 Å². The summed E-state index contributed by atoms with van der Waals surface area (Å²) in [5.74, 6) is -0.936. The summed E-state index contributed by atoms with van der Waals surface area (Å²) in [6.07, 6.45) is 0.958. The lowest BCUT2D eigenvalue weighted by Gasteiger charge is -2.20. The van der Waals surface area contributed by atoms with Crippen LogP contribution in [0.3, 0.4) is 0 Å². The third-order valence-corrected chi connectivity index (χ3v) is 2.73. The van der Waals surface area contributed by atoms with E-state index in [2.05, 4.69) is 0 Å². The summed E-state index contributed by atoms with van der Waals surface area (Å²) < 4.78 is 6.69. The van der Waals surface area contributed by atoms with Crippen molar-refractivity contribution in [1.29, 1.82) is 0 Å². The predicted molar refractivity (Wildman–Crippen MR) is 74.9 cm³/mol. The zero-order chi connectivity index (χ0) is 14.9. The Labute approximate surface area is 116 Å². The van der Waals surface area contributed by atoms with Crippen LogP contribution in [-0.2, 0) is 16.0 Å². The minimum absolute atomic E-state index is 0.135. The maximum absolute atomic E-state index is 12.2. The molecule has 0 amide bonds. The molecule has 1 aromatic heterocycles. The highest BCUT2D eigenvalue weighted by Crippen LogP contribution is 2.22. The van der Waals surface area contributed by atoms with Gasteiger partial charge < -0.3 is 9.84 Å². The first-order valence-electron chi connectivity index (χ1n) is 6.32. The molecule has 106 valence electrons. The molecule has 0 unspecified atom stereocenters. The molecule has 0 saturated carbocycles. The fourth-order valence-electron chi connectivity index (χ4n) is 2.04. The molecule has 2 rings (SSSR count). The molecule has 0 atom stereocenters. The number of carbonyl (C=O) groups is 2. The Bertz CT molecular complexity index is 664. The second-order valence-electron chi connectivity index (χ2n) is 5.59. The van der Waals surface area contributed by atoms with Crippen LogP contribution in [0.25, 0.3) is 10.9 Å². The van der Waals surface area contributed by atoms with Crippen LogP contribution in [0.1, 0.15) is 26.3 Å². The standard InChI is InChI=1S/C15H17NO4/c1-15(2,3)20-14(19)16-8-7-10-5-4-6-11(13(10)16)9-12(17)18/h4-8H,9H2,1-3H3,(H,17,18). The van der Waals surface area contributed by atoms with Gasteiger partial charge in [0.15, 0.2) is 0 Å². The highest BCUT2D eigenvalue weighted by molar-refractivity contribution is 5.93. The second-order valence-corrected chi connectivity index (χ2v) is 5.59. The number of aromatic nitrogens is 1. The molecular weight excluding hydrogens is 258 g/mol. The number of aliphatic carboxylic acids is 1. The van der Waals surface area contributed by atoms with Crippen molar-refractivity contribution >= 4 is 23.0 Å². The Morgan fingerprint density at radius 1 is 1.25 bits per heavy atom. The Balaban J connectivity index is 2.49. The van der Waals surface area contributed by atoms with Crippen molar-refractivity contribution in [2.75, 3.05) is 0 Å². The number of nitrogens with zero attached hydrogens (tertiary/aromatic N) is 1. The largest absolute Gasteiger partial charge is 0.481 e. The molecule has 0 bridgehead atoms. The molecule has 0 fully saturated rings. The zero-order valence-electron chi connectivity index (χ0n) is 11.7. The maximum Gasteiger partial charge on any atom is 0.419 e. The Morgan fingerprint density at radius 2 is 1.95 bits per heavy atom. The number of carboxylic acid groups (broad SMARTS) is 1. The highest BCUT2D eigenvalue weighted by atomic mass is 16.6. The van der Waals surface area contributed by atoms with E-state index in [9.17, 15) is 9.59 Å². The SMILES string of the molecule is CC(C)(C)OC(=O)n1ccc2cccc(CC(=O)O)c21. The maximum atomic E-state index is 12.2. The number of hydrogen-bond donors (Lipinski definition) is 1. The van der Waals surface area contributed by atoms with E-state index in [1.807, 2.05) is 6.07 Å². The van der Waals surface area contributed by atoms with Gasteiger partial charge in [0.1, 0.15) is 5.60 Å². The summed E-state index contributed by atoms with van der Waals surface area (Å²) >= 11 is 0. The van der Waals surface area contributed by atoms with Crippen molar-refractivity contribution in [3.05, 3.63) is 36.0 Å². The summed E-state index contributed by atoms with van der Waals surface area (Å²) in [6, 6.07) is 7.09. The molecule has 0 spiro atoms. The van der Waals surface area contributed by atoms with Crippen LogP contribution >= 0.6 is 0 Å². The Morgan fingerprint density at radius 3 is 2.55 bits per heavy atom. The summed E-state index contributed by atoms with van der Waals surface area (Å²) in [6.45, 7) is 5.36. The minimum atomic E-state index is -0.936. The lowest BCUT2D eigenvalue weighted by atomic mass is 10.1. The molecule has 1 heterocycles. The monoisotopic (exact) mass is 275 g/mol. The minimum Gasteiger partial charge on any atom is -0.481 e. The Hall–Kier alpha value is -2.30.